The summed E-state index contributed by atoms with van der Waals surface area (Å²) in [6.07, 6.45) is 16.0. The van der Waals surface area contributed by atoms with Gasteiger partial charge >= 0.3 is 0 Å². The van der Waals surface area contributed by atoms with E-state index in [1.54, 1.807) is 6.08 Å². The van der Waals surface area contributed by atoms with Gasteiger partial charge in [0.2, 0.25) is 0 Å². The highest BCUT2D eigenvalue weighted by atomic mass is 16.3. The number of aliphatic hydroxyl groups excluding tert-OH is 1. The van der Waals surface area contributed by atoms with Gasteiger partial charge in [-0.3, -0.25) is 0 Å². The van der Waals surface area contributed by atoms with Crippen LogP contribution in [0.3, 0.4) is 0 Å². The highest BCUT2D eigenvalue weighted by Gasteiger charge is 2.14. The second-order valence-corrected chi connectivity index (χ2v) is 7.57. The Morgan fingerprint density at radius 2 is 2.00 bits per heavy atom. The molecule has 0 spiro atoms. The molecule has 0 unspecified atom stereocenters. The van der Waals surface area contributed by atoms with Crippen LogP contribution in [0.4, 0.5) is 0 Å². The predicted octanol–water partition coefficient (Wildman–Crippen LogP) is 7.49. The van der Waals surface area contributed by atoms with Crippen molar-refractivity contribution in [3.63, 3.8) is 0 Å². The van der Waals surface area contributed by atoms with Crippen LogP contribution in [-0.4, -0.2) is 9.67 Å². The van der Waals surface area contributed by atoms with Gasteiger partial charge in [0.25, 0.3) is 0 Å². The number of aliphatic hydroxyl groups is 1. The minimum Gasteiger partial charge on any atom is -0.508 e. The first-order chi connectivity index (χ1) is 14.2. The normalized spacial score (nSPS) is 15.2. The van der Waals surface area contributed by atoms with Gasteiger partial charge < -0.3 is 9.67 Å². The summed E-state index contributed by atoms with van der Waals surface area (Å²) in [5.74, 6) is 0.325. The van der Waals surface area contributed by atoms with Gasteiger partial charge in [-0.15, -0.1) is 0 Å². The summed E-state index contributed by atoms with van der Waals surface area (Å²) in [6.45, 7) is 5.08. The molecule has 0 saturated carbocycles. The molecule has 29 heavy (non-hydrogen) atoms. The standard InChI is InChI=1S/C27H27NO/c1-3-4-8-20(2)17-18-28-26-16-14-21-9-5-6-12-24(21)25(26)19-27(28)22-10-7-11-23(29)15-13-22/h3-7,9-12,14-17,19,29H,8,13,18H2,1-2H3/b4-3-,20-17-. The van der Waals surface area contributed by atoms with E-state index >= 15 is 0 Å². The number of allylic oxidation sites excluding steroid dienone is 9. The first-order valence-electron chi connectivity index (χ1n) is 10.2. The number of nitrogens with zero attached hydrogens (tertiary/aromatic N) is 1. The van der Waals surface area contributed by atoms with Crippen LogP contribution >= 0.6 is 0 Å². The van der Waals surface area contributed by atoms with E-state index < -0.39 is 0 Å². The van der Waals surface area contributed by atoms with Crippen LogP contribution in [0.2, 0.25) is 0 Å². The van der Waals surface area contributed by atoms with E-state index in [-0.39, 0.29) is 0 Å². The van der Waals surface area contributed by atoms with E-state index in [0.717, 1.165) is 13.0 Å². The molecule has 1 aliphatic rings. The summed E-state index contributed by atoms with van der Waals surface area (Å²) in [6, 6.07) is 15.3. The highest BCUT2D eigenvalue weighted by molar-refractivity contribution is 6.08. The second kappa shape index (κ2) is 8.40. The predicted molar refractivity (Wildman–Crippen MR) is 125 cm³/mol. The third-order valence-corrected chi connectivity index (χ3v) is 5.53. The largest absolute Gasteiger partial charge is 0.508 e. The molecule has 0 atom stereocenters. The van der Waals surface area contributed by atoms with Crippen LogP contribution in [0.25, 0.3) is 27.2 Å². The van der Waals surface area contributed by atoms with E-state index in [1.807, 2.05) is 12.2 Å². The molecule has 1 heterocycles. The average Bonchev–Trinajstić information content (AvgIpc) is 2.98. The molecule has 2 nitrogen and oxygen atoms in total. The van der Waals surface area contributed by atoms with Crippen LogP contribution in [0, 0.1) is 0 Å². The third-order valence-electron chi connectivity index (χ3n) is 5.53. The summed E-state index contributed by atoms with van der Waals surface area (Å²) in [5, 5.41) is 13.7. The lowest BCUT2D eigenvalue weighted by Crippen LogP contribution is -2.01. The smallest absolute Gasteiger partial charge is 0.111 e. The Hall–Kier alpha value is -3.26. The number of hydrogen-bond donors (Lipinski definition) is 1. The van der Waals surface area contributed by atoms with Crippen molar-refractivity contribution in [3.8, 4) is 0 Å². The van der Waals surface area contributed by atoms with Crippen molar-refractivity contribution in [1.29, 1.82) is 0 Å². The van der Waals surface area contributed by atoms with Crippen LogP contribution in [0.1, 0.15) is 32.4 Å². The van der Waals surface area contributed by atoms with Gasteiger partial charge in [-0.1, -0.05) is 66.3 Å². The Kier molecular flexibility index (Phi) is 5.53. The van der Waals surface area contributed by atoms with Crippen molar-refractivity contribution in [2.45, 2.75) is 33.2 Å². The van der Waals surface area contributed by atoms with Crippen molar-refractivity contribution in [2.75, 3.05) is 0 Å². The third kappa shape index (κ3) is 3.97. The molecule has 0 fully saturated rings. The molecule has 0 radical (unpaired) electrons. The Balaban J connectivity index is 1.87. The maximum Gasteiger partial charge on any atom is 0.111 e. The molecular weight excluding hydrogens is 354 g/mol. The second-order valence-electron chi connectivity index (χ2n) is 7.57. The minimum atomic E-state index is 0.325. The van der Waals surface area contributed by atoms with E-state index in [1.165, 1.54) is 38.5 Å². The zero-order valence-corrected chi connectivity index (χ0v) is 17.1. The molecule has 0 aliphatic heterocycles. The fourth-order valence-electron chi connectivity index (χ4n) is 3.92. The van der Waals surface area contributed by atoms with Gasteiger partial charge in [0.1, 0.15) is 5.76 Å². The summed E-state index contributed by atoms with van der Waals surface area (Å²) in [5.41, 5.74) is 5.03. The molecule has 1 aliphatic carbocycles. The first kappa shape index (κ1) is 19.1. The van der Waals surface area contributed by atoms with Crippen molar-refractivity contribution in [2.24, 2.45) is 0 Å². The summed E-state index contributed by atoms with van der Waals surface area (Å²) in [7, 11) is 0. The maximum atomic E-state index is 9.88. The van der Waals surface area contributed by atoms with E-state index in [0.29, 0.717) is 12.2 Å². The number of rotatable bonds is 5. The van der Waals surface area contributed by atoms with Gasteiger partial charge in [-0.05, 0) is 67.3 Å². The zero-order valence-electron chi connectivity index (χ0n) is 17.1. The van der Waals surface area contributed by atoms with Crippen LogP contribution < -0.4 is 0 Å². The molecule has 1 N–H and O–H groups in total. The molecule has 2 aromatic carbocycles. The molecule has 2 heteroatoms. The highest BCUT2D eigenvalue weighted by Crippen LogP contribution is 2.33. The summed E-state index contributed by atoms with van der Waals surface area (Å²) >= 11 is 0. The topological polar surface area (TPSA) is 25.2 Å². The van der Waals surface area contributed by atoms with Gasteiger partial charge in [0, 0.05) is 23.1 Å². The zero-order chi connectivity index (χ0) is 20.2. The molecule has 0 bridgehead atoms. The Morgan fingerprint density at radius 1 is 1.14 bits per heavy atom. The van der Waals surface area contributed by atoms with E-state index in [2.05, 4.69) is 85.2 Å². The summed E-state index contributed by atoms with van der Waals surface area (Å²) in [4.78, 5) is 0. The quantitative estimate of drug-likeness (QED) is 0.455. The number of fused-ring (bicyclic) bond motifs is 3. The Bertz CT molecular complexity index is 1200. The van der Waals surface area contributed by atoms with Gasteiger partial charge in [-0.25, -0.2) is 0 Å². The minimum absolute atomic E-state index is 0.325. The van der Waals surface area contributed by atoms with E-state index in [9.17, 15) is 5.11 Å². The number of benzene rings is 2. The van der Waals surface area contributed by atoms with Crippen LogP contribution in [0.5, 0.6) is 0 Å². The Morgan fingerprint density at radius 3 is 2.86 bits per heavy atom. The molecule has 3 aromatic rings. The lowest BCUT2D eigenvalue weighted by atomic mass is 10.1. The van der Waals surface area contributed by atoms with Crippen molar-refractivity contribution < 1.29 is 5.11 Å². The van der Waals surface area contributed by atoms with Crippen LogP contribution in [0.15, 0.2) is 96.3 Å². The lowest BCUT2D eigenvalue weighted by molar-refractivity contribution is 0.431. The average molecular weight is 382 g/mol. The van der Waals surface area contributed by atoms with Gasteiger partial charge in [-0.2, -0.15) is 0 Å². The monoisotopic (exact) mass is 381 g/mol. The molecular formula is C27H27NO. The van der Waals surface area contributed by atoms with E-state index in [4.69, 9.17) is 0 Å². The number of aromatic nitrogens is 1. The molecule has 146 valence electrons. The Labute approximate surface area is 172 Å². The molecule has 1 aromatic heterocycles. The fourth-order valence-corrected chi connectivity index (χ4v) is 3.92. The summed E-state index contributed by atoms with van der Waals surface area (Å²) < 4.78 is 2.40. The van der Waals surface area contributed by atoms with Crippen molar-refractivity contribution in [3.05, 3.63) is 102 Å². The fraction of sp³-hybridized carbons (Fsp3) is 0.185. The van der Waals surface area contributed by atoms with Crippen molar-refractivity contribution in [1.82, 2.24) is 4.57 Å². The van der Waals surface area contributed by atoms with Gasteiger partial charge in [0.15, 0.2) is 0 Å². The SMILES string of the molecule is C/C=C\C/C(C)=C\Cn1c(C2=CC=CC(O)=CC2)cc2c3ccccc3ccc21. The maximum absolute atomic E-state index is 9.88. The van der Waals surface area contributed by atoms with Gasteiger partial charge in [0.05, 0.1) is 0 Å². The number of hydrogen-bond acceptors (Lipinski definition) is 1. The molecule has 0 saturated heterocycles. The first-order valence-corrected chi connectivity index (χ1v) is 10.2. The van der Waals surface area contributed by atoms with Crippen LogP contribution in [-0.2, 0) is 6.54 Å². The lowest BCUT2D eigenvalue weighted by Gasteiger charge is -2.11. The molecule has 4 rings (SSSR count). The molecule has 0 amide bonds. The van der Waals surface area contributed by atoms with Crippen molar-refractivity contribution >= 4 is 27.2 Å².